The van der Waals surface area contributed by atoms with Gasteiger partial charge in [-0.15, -0.1) is 22.7 Å². The number of aromatic nitrogens is 2. The van der Waals surface area contributed by atoms with Crippen molar-refractivity contribution in [2.24, 2.45) is 0 Å². The van der Waals surface area contributed by atoms with E-state index in [1.807, 2.05) is 0 Å². The highest BCUT2D eigenvalue weighted by Gasteiger charge is 2.15. The summed E-state index contributed by atoms with van der Waals surface area (Å²) in [4.78, 5) is 27.6. The lowest BCUT2D eigenvalue weighted by Crippen LogP contribution is -2.23. The number of pyridine rings is 2. The minimum atomic E-state index is -0.388. The number of carbonyl (C=O) groups is 2. The van der Waals surface area contributed by atoms with E-state index in [1.165, 1.54) is 49.3 Å². The van der Waals surface area contributed by atoms with E-state index in [-0.39, 0.29) is 11.9 Å². The lowest BCUT2D eigenvalue weighted by molar-refractivity contribution is -0.604. The van der Waals surface area contributed by atoms with Gasteiger partial charge in [-0.25, -0.2) is 14.6 Å². The van der Waals surface area contributed by atoms with E-state index >= 15 is 0 Å². The molecule has 0 bridgehead atoms. The van der Waals surface area contributed by atoms with Crippen molar-refractivity contribution in [2.75, 3.05) is 14.2 Å². The second-order valence-corrected chi connectivity index (χ2v) is 9.79. The minimum Gasteiger partial charge on any atom is -0.619 e. The van der Waals surface area contributed by atoms with Crippen LogP contribution in [0.4, 0.5) is 0 Å². The van der Waals surface area contributed by atoms with Crippen LogP contribution in [0.5, 0.6) is 0 Å². The van der Waals surface area contributed by atoms with Crippen LogP contribution in [0.1, 0.15) is 19.3 Å². The number of carbonyl (C=O) groups excluding carboxylic acids is 2. The summed E-state index contributed by atoms with van der Waals surface area (Å²) in [5.74, 6) is -0.750. The van der Waals surface area contributed by atoms with Gasteiger partial charge in [0.25, 0.3) is 0 Å². The molecule has 0 aliphatic rings. The molecule has 4 rings (SSSR count). The van der Waals surface area contributed by atoms with Crippen molar-refractivity contribution in [2.45, 2.75) is 0 Å². The molecule has 0 aromatic carbocycles. The first-order chi connectivity index (χ1) is 14.2. The van der Waals surface area contributed by atoms with E-state index in [4.69, 9.17) is 11.6 Å². The predicted molar refractivity (Wildman–Crippen MR) is 123 cm³/mol. The van der Waals surface area contributed by atoms with Crippen molar-refractivity contribution in [1.82, 2.24) is 4.98 Å². The van der Waals surface area contributed by atoms with Crippen LogP contribution < -0.4 is 4.73 Å². The van der Waals surface area contributed by atoms with Crippen LogP contribution in [0.3, 0.4) is 0 Å². The second kappa shape index (κ2) is 9.56. The summed E-state index contributed by atoms with van der Waals surface area (Å²) in [6, 6.07) is 3.44. The Labute approximate surface area is 200 Å². The molecule has 0 N–H and O–H groups in total. The molecule has 30 heavy (non-hydrogen) atoms. The van der Waals surface area contributed by atoms with Crippen molar-refractivity contribution in [3.8, 4) is 0 Å². The normalized spacial score (nSPS) is 10.6. The molecule has 0 amide bonds. The van der Waals surface area contributed by atoms with Crippen LogP contribution in [-0.2, 0) is 9.47 Å². The van der Waals surface area contributed by atoms with Gasteiger partial charge in [0.15, 0.2) is 12.4 Å². The zero-order valence-electron chi connectivity index (χ0n) is 15.3. The van der Waals surface area contributed by atoms with Crippen LogP contribution in [-0.4, -0.2) is 31.1 Å². The molecular weight excluding hydrogens is 584 g/mol. The molecule has 0 saturated carbocycles. The third-order valence-electron chi connectivity index (χ3n) is 3.74. The highest BCUT2D eigenvalue weighted by Crippen LogP contribution is 2.35. The summed E-state index contributed by atoms with van der Waals surface area (Å²) in [5.41, 5.74) is 0. The number of hydrogen-bond acceptors (Lipinski definition) is 8. The molecule has 4 heterocycles. The highest BCUT2D eigenvalue weighted by molar-refractivity contribution is 9.11. The summed E-state index contributed by atoms with van der Waals surface area (Å²) in [6.45, 7) is 0. The lowest BCUT2D eigenvalue weighted by Gasteiger charge is -1.95. The number of rotatable bonds is 2. The average Bonchev–Trinajstić information content (AvgIpc) is 3.36. The van der Waals surface area contributed by atoms with E-state index in [0.29, 0.717) is 24.1 Å². The SMILES string of the molecule is COC(=O)c1cc2c(Br)c[n+]([O-])cc2s1.COC(=O)c1cc2c(Br)cnc(Cl)c2s1. The largest absolute Gasteiger partial charge is 0.619 e. The van der Waals surface area contributed by atoms with Gasteiger partial charge in [0.05, 0.1) is 23.4 Å². The Morgan fingerprint density at radius 3 is 2.23 bits per heavy atom. The topological polar surface area (TPSA) is 92.4 Å². The molecule has 7 nitrogen and oxygen atoms in total. The molecule has 156 valence electrons. The van der Waals surface area contributed by atoms with Crippen molar-refractivity contribution >= 4 is 98.2 Å². The molecule has 0 unspecified atom stereocenters. The van der Waals surface area contributed by atoms with Crippen LogP contribution in [0.2, 0.25) is 5.15 Å². The van der Waals surface area contributed by atoms with E-state index < -0.39 is 0 Å². The smallest absolute Gasteiger partial charge is 0.348 e. The standard InChI is InChI=1S/C9H5BrClNO2S.C9H6BrNO3S/c1-14-9(13)6-2-4-5(10)3-12-8(11)7(4)15-6;1-14-9(12)7-2-5-6(10)3-11(13)4-8(5)15-7/h2-3H,1H3;2-4H,1H3. The molecule has 0 fully saturated rings. The Hall–Kier alpha value is -1.79. The van der Waals surface area contributed by atoms with Crippen molar-refractivity contribution in [1.29, 1.82) is 0 Å². The van der Waals surface area contributed by atoms with Crippen LogP contribution in [0.15, 0.2) is 39.7 Å². The van der Waals surface area contributed by atoms with Crippen molar-refractivity contribution in [3.63, 3.8) is 0 Å². The van der Waals surface area contributed by atoms with Gasteiger partial charge in [0, 0.05) is 21.4 Å². The maximum atomic E-state index is 11.3. The molecule has 4 aromatic rings. The monoisotopic (exact) mass is 592 g/mol. The second-order valence-electron chi connectivity index (χ2n) is 5.59. The van der Waals surface area contributed by atoms with E-state index in [1.54, 1.807) is 18.3 Å². The Morgan fingerprint density at radius 2 is 1.63 bits per heavy atom. The summed E-state index contributed by atoms with van der Waals surface area (Å²) < 4.78 is 13.0. The predicted octanol–water partition coefficient (Wildman–Crippen LogP) is 5.58. The van der Waals surface area contributed by atoms with Crippen molar-refractivity contribution < 1.29 is 23.8 Å². The number of nitrogens with zero attached hydrogens (tertiary/aromatic N) is 2. The molecular formula is C18H11Br2ClN2O5S2. The number of hydrogen-bond donors (Lipinski definition) is 0. The number of thiophene rings is 2. The van der Waals surface area contributed by atoms with Gasteiger partial charge in [-0.05, 0) is 44.0 Å². The summed E-state index contributed by atoms with van der Waals surface area (Å²) >= 11 is 15.0. The number of fused-ring (bicyclic) bond motifs is 2. The molecule has 4 aromatic heterocycles. The number of esters is 2. The zero-order valence-corrected chi connectivity index (χ0v) is 20.8. The third kappa shape index (κ3) is 4.75. The molecule has 0 spiro atoms. The first-order valence-corrected chi connectivity index (χ1v) is 11.6. The quantitative estimate of drug-likeness (QED) is 0.130. The summed E-state index contributed by atoms with van der Waals surface area (Å²) in [6.07, 6.45) is 4.44. The molecule has 0 aliphatic heterocycles. The highest BCUT2D eigenvalue weighted by atomic mass is 79.9. The first-order valence-electron chi connectivity index (χ1n) is 7.97. The third-order valence-corrected chi connectivity index (χ3v) is 7.58. The Kier molecular flexibility index (Phi) is 7.30. The van der Waals surface area contributed by atoms with E-state index in [2.05, 4.69) is 46.3 Å². The minimum absolute atomic E-state index is 0.362. The van der Waals surface area contributed by atoms with Gasteiger partial charge in [-0.2, -0.15) is 4.73 Å². The first kappa shape index (κ1) is 22.9. The average molecular weight is 595 g/mol. The summed E-state index contributed by atoms with van der Waals surface area (Å²) in [7, 11) is 2.68. The Bertz CT molecular complexity index is 1240. The van der Waals surface area contributed by atoms with Gasteiger partial charge < -0.3 is 14.7 Å². The molecule has 12 heteroatoms. The number of ether oxygens (including phenoxy) is 2. The van der Waals surface area contributed by atoms with Gasteiger partial charge in [0.1, 0.15) is 19.6 Å². The molecule has 0 aliphatic carbocycles. The fourth-order valence-electron chi connectivity index (χ4n) is 2.39. The number of methoxy groups -OCH3 is 2. The Balaban J connectivity index is 0.000000171. The molecule has 0 atom stereocenters. The molecule has 0 radical (unpaired) electrons. The van der Waals surface area contributed by atoms with E-state index in [0.717, 1.165) is 24.6 Å². The maximum absolute atomic E-state index is 11.3. The van der Waals surface area contributed by atoms with Crippen LogP contribution in [0.25, 0.3) is 20.2 Å². The van der Waals surface area contributed by atoms with Gasteiger partial charge in [0.2, 0.25) is 0 Å². The summed E-state index contributed by atoms with van der Waals surface area (Å²) in [5, 5.41) is 13.2. The lowest BCUT2D eigenvalue weighted by atomic mass is 10.3. The Morgan fingerprint density at radius 1 is 1.03 bits per heavy atom. The zero-order chi connectivity index (χ0) is 22.0. The maximum Gasteiger partial charge on any atom is 0.348 e. The van der Waals surface area contributed by atoms with Gasteiger partial charge in [-0.1, -0.05) is 11.6 Å². The van der Waals surface area contributed by atoms with Crippen molar-refractivity contribution in [3.05, 3.63) is 59.8 Å². The van der Waals surface area contributed by atoms with E-state index in [9.17, 15) is 14.8 Å². The van der Waals surface area contributed by atoms with Crippen LogP contribution in [0, 0.1) is 5.21 Å². The molecule has 0 saturated heterocycles. The number of halogens is 3. The van der Waals surface area contributed by atoms with Crippen LogP contribution >= 0.6 is 66.1 Å². The van der Waals surface area contributed by atoms with Gasteiger partial charge >= 0.3 is 11.9 Å². The van der Waals surface area contributed by atoms with Gasteiger partial charge in [-0.3, -0.25) is 0 Å². The fourth-order valence-corrected chi connectivity index (χ4v) is 5.86. The fraction of sp³-hybridized carbons (Fsp3) is 0.111.